The largest absolute Gasteiger partial charge is 0.482 e. The minimum absolute atomic E-state index is 0.102. The Morgan fingerprint density at radius 3 is 1.28 bits per heavy atom. The van der Waals surface area contributed by atoms with Gasteiger partial charge in [0.2, 0.25) is 21.7 Å². The summed E-state index contributed by atoms with van der Waals surface area (Å²) in [6, 6.07) is 43.3. The number of carbonyl (C=O) groups excluding carboxylic acids is 2. The standard InChI is InChI=1S/C64H40N2O10S2/c1-63(2)47-27-39-26-46-48(28-40(39)25-45(47)59-49(75-63)29-51(77-59)65-53-55(67)41-21-35-17-9-10-18-36(35)22-42(41)56(53)68)64(61(71)73-31-33-13-5-3-6-14-33,62(72)74-32-34-15-7-4-8-16-34)76-50-30-52(78-60(46)50)66-54-57(69)43-23-37-19-11-12-20-38(37)24-44(43)58(54)70/h3-30,39-40H,31-32H2,1-2H3. The predicted octanol–water partition coefficient (Wildman–Crippen LogP) is 10.4. The van der Waals surface area contributed by atoms with Crippen LogP contribution in [0.25, 0.3) is 54.2 Å². The maximum absolute atomic E-state index is 15.2. The second kappa shape index (κ2) is 17.7. The van der Waals surface area contributed by atoms with Crippen LogP contribution in [0.1, 0.15) is 34.7 Å². The molecule has 378 valence electrons. The summed E-state index contributed by atoms with van der Waals surface area (Å²) in [6.07, 6.45) is 8.02. The third kappa shape index (κ3) is 7.46. The summed E-state index contributed by atoms with van der Waals surface area (Å²) in [6.45, 7) is 3.54. The first kappa shape index (κ1) is 47.2. The van der Waals surface area contributed by atoms with Gasteiger partial charge in [-0.2, -0.15) is 0 Å². The number of hydrogen-bond donors (Lipinski definition) is 0. The van der Waals surface area contributed by atoms with Gasteiger partial charge in [-0.05, 0) is 81.9 Å². The highest BCUT2D eigenvalue weighted by Crippen LogP contribution is 2.58. The summed E-state index contributed by atoms with van der Waals surface area (Å²) < 4.78 is 25.7. The van der Waals surface area contributed by atoms with Crippen LogP contribution in [0.3, 0.4) is 0 Å². The molecule has 2 aliphatic carbocycles. The van der Waals surface area contributed by atoms with Crippen molar-refractivity contribution in [1.82, 2.24) is 0 Å². The summed E-state index contributed by atoms with van der Waals surface area (Å²) >= 11 is 2.44. The Bertz CT molecular complexity index is 4560. The van der Waals surface area contributed by atoms with Gasteiger partial charge < -0.3 is 18.9 Å². The van der Waals surface area contributed by atoms with E-state index in [-0.39, 0.29) is 56.9 Å². The highest BCUT2D eigenvalue weighted by molar-refractivity contribution is 7.17. The zero-order chi connectivity index (χ0) is 53.2. The molecule has 0 saturated carbocycles. The van der Waals surface area contributed by atoms with Crippen LogP contribution in [0.5, 0.6) is 11.5 Å². The van der Waals surface area contributed by atoms with Crippen molar-refractivity contribution in [3.8, 4) is 11.5 Å². The smallest absolute Gasteiger partial charge is 0.367 e. The Balaban J connectivity index is 0.919. The van der Waals surface area contributed by atoms with Gasteiger partial charge in [0.25, 0.3) is 0 Å². The highest BCUT2D eigenvalue weighted by atomic mass is 32.1. The fourth-order valence-electron chi connectivity index (χ4n) is 11.2. The first-order valence-electron chi connectivity index (χ1n) is 25.2. The van der Waals surface area contributed by atoms with Gasteiger partial charge >= 0.3 is 17.5 Å². The Hall–Kier alpha value is -9.24. The molecule has 14 heteroatoms. The fraction of sp³-hybridized carbons (Fsp3) is 0.125. The molecule has 2 aliphatic heterocycles. The minimum Gasteiger partial charge on any atom is -0.482 e. The maximum atomic E-state index is 15.2. The summed E-state index contributed by atoms with van der Waals surface area (Å²) in [4.78, 5) is 96.7. The van der Waals surface area contributed by atoms with E-state index in [2.05, 4.69) is 12.2 Å². The lowest BCUT2D eigenvalue weighted by Gasteiger charge is -2.42. The van der Waals surface area contributed by atoms with Gasteiger partial charge in [-0.1, -0.05) is 133 Å². The molecule has 12 nitrogen and oxygen atoms in total. The van der Waals surface area contributed by atoms with Crippen molar-refractivity contribution in [2.24, 2.45) is 21.8 Å². The SMILES string of the molecule is CC1(C)Oc2cc(N=c3c(=O)c4cc5ccccc5cc4c3=O)sc2C2=CC3C=C4C(=CC3C=C21)c1sc(N=c2c(=O)c3cc5ccccc5cc3c2=O)cc1OC4(C(=O)OCc1ccccc1)C(=O)OCc1ccccc1. The lowest BCUT2D eigenvalue weighted by Crippen LogP contribution is -2.57. The van der Waals surface area contributed by atoms with E-state index in [1.807, 2.05) is 111 Å². The van der Waals surface area contributed by atoms with Crippen LogP contribution >= 0.6 is 22.7 Å². The van der Waals surface area contributed by atoms with E-state index in [1.165, 1.54) is 17.4 Å². The van der Waals surface area contributed by atoms with Crippen LogP contribution in [-0.4, -0.2) is 23.1 Å². The van der Waals surface area contributed by atoms with E-state index in [9.17, 15) is 19.2 Å². The van der Waals surface area contributed by atoms with E-state index in [1.54, 1.807) is 54.6 Å². The predicted molar refractivity (Wildman–Crippen MR) is 301 cm³/mol. The maximum Gasteiger partial charge on any atom is 0.367 e. The van der Waals surface area contributed by atoms with Gasteiger partial charge in [0.15, 0.2) is 10.7 Å². The quantitative estimate of drug-likeness (QED) is 0.106. The number of esters is 2. The molecular weight excluding hydrogens is 1020 g/mol. The number of rotatable bonds is 8. The molecule has 0 spiro atoms. The van der Waals surface area contributed by atoms with Gasteiger partial charge in [-0.3, -0.25) is 19.2 Å². The Morgan fingerprint density at radius 1 is 0.487 bits per heavy atom. The third-order valence-corrected chi connectivity index (χ3v) is 17.1. The van der Waals surface area contributed by atoms with Gasteiger partial charge in [0.1, 0.15) is 40.3 Å². The van der Waals surface area contributed by atoms with E-state index in [4.69, 9.17) is 28.9 Å². The Labute approximate surface area is 450 Å². The number of thiophene rings is 2. The van der Waals surface area contributed by atoms with Crippen LogP contribution in [0.4, 0.5) is 10.0 Å². The van der Waals surface area contributed by atoms with E-state index < -0.39 is 50.8 Å². The van der Waals surface area contributed by atoms with Gasteiger partial charge in [0, 0.05) is 56.7 Å². The van der Waals surface area contributed by atoms with Crippen LogP contribution in [-0.2, 0) is 32.3 Å². The monoisotopic (exact) mass is 1060 g/mol. The molecule has 2 aromatic heterocycles. The van der Waals surface area contributed by atoms with Crippen LogP contribution in [0, 0.1) is 11.8 Å². The normalized spacial score (nSPS) is 17.5. The molecule has 78 heavy (non-hydrogen) atoms. The summed E-state index contributed by atoms with van der Waals surface area (Å²) in [5.41, 5.74) is -1.62. The van der Waals surface area contributed by atoms with Crippen LogP contribution in [0.2, 0.25) is 0 Å². The van der Waals surface area contributed by atoms with Crippen molar-refractivity contribution in [2.45, 2.75) is 38.3 Å². The average Bonchev–Trinajstić information content (AvgIpc) is 4.13. The molecule has 8 aromatic carbocycles. The fourth-order valence-corrected chi connectivity index (χ4v) is 13.2. The van der Waals surface area contributed by atoms with Crippen molar-refractivity contribution in [3.63, 3.8) is 0 Å². The molecular formula is C64H40N2O10S2. The molecule has 0 saturated heterocycles. The lowest BCUT2D eigenvalue weighted by molar-refractivity contribution is -0.177. The van der Waals surface area contributed by atoms with Crippen LogP contribution < -0.4 is 41.9 Å². The van der Waals surface area contributed by atoms with Crippen molar-refractivity contribution < 1.29 is 28.5 Å². The Kier molecular flexibility index (Phi) is 10.7. The average molecular weight is 1060 g/mol. The van der Waals surface area contributed by atoms with E-state index in [0.717, 1.165) is 48.9 Å². The topological polar surface area (TPSA) is 164 Å². The Morgan fingerprint density at radius 2 is 0.859 bits per heavy atom. The number of hydrogen-bond acceptors (Lipinski definition) is 14. The summed E-state index contributed by atoms with van der Waals surface area (Å²) in [5.74, 6) is -2.27. The second-order valence-electron chi connectivity index (χ2n) is 20.3. The first-order valence-corrected chi connectivity index (χ1v) is 26.8. The molecule has 0 bridgehead atoms. The van der Waals surface area contributed by atoms with Gasteiger partial charge in [0.05, 0.1) is 9.75 Å². The number of nitrogens with zero attached hydrogens (tertiary/aromatic N) is 2. The molecule has 0 fully saturated rings. The summed E-state index contributed by atoms with van der Waals surface area (Å²) in [5, 5.41) is 4.66. The van der Waals surface area contributed by atoms with E-state index in [0.29, 0.717) is 43.1 Å². The molecule has 0 radical (unpaired) electrons. The molecule has 4 heterocycles. The zero-order valence-corrected chi connectivity index (χ0v) is 43.2. The van der Waals surface area contributed by atoms with Gasteiger partial charge in [-0.25, -0.2) is 19.6 Å². The molecule has 14 rings (SSSR count). The minimum atomic E-state index is -2.52. The van der Waals surface area contributed by atoms with E-state index >= 15 is 9.59 Å². The molecule has 0 N–H and O–H groups in total. The molecule has 2 atom stereocenters. The molecule has 4 aliphatic rings. The lowest BCUT2D eigenvalue weighted by atomic mass is 9.69. The number of benzene rings is 6. The first-order chi connectivity index (χ1) is 37.8. The third-order valence-electron chi connectivity index (χ3n) is 15.0. The highest BCUT2D eigenvalue weighted by Gasteiger charge is 2.60. The number of fused-ring (bicyclic) bond motifs is 11. The molecule has 0 amide bonds. The van der Waals surface area contributed by atoms with Gasteiger partial charge in [-0.15, -0.1) is 22.7 Å². The second-order valence-corrected chi connectivity index (χ2v) is 22.3. The zero-order valence-electron chi connectivity index (χ0n) is 41.5. The van der Waals surface area contributed by atoms with Crippen LogP contribution in [0.15, 0.2) is 210 Å². The van der Waals surface area contributed by atoms with Crippen molar-refractivity contribution >= 4 is 98.9 Å². The van der Waals surface area contributed by atoms with Crippen molar-refractivity contribution in [2.75, 3.05) is 0 Å². The number of carbonyl (C=O) groups is 2. The summed E-state index contributed by atoms with van der Waals surface area (Å²) in [7, 11) is 0. The van der Waals surface area contributed by atoms with Crippen molar-refractivity contribution in [1.29, 1.82) is 0 Å². The number of allylic oxidation sites excluding steroid dienone is 4. The molecule has 10 aromatic rings. The molecule has 2 unspecified atom stereocenters. The van der Waals surface area contributed by atoms with Crippen molar-refractivity contribution in [3.05, 3.63) is 254 Å². The number of ether oxygens (including phenoxy) is 4.